The normalized spacial score (nSPS) is 11.6. The highest BCUT2D eigenvalue weighted by Gasteiger charge is 2.23. The first-order valence-corrected chi connectivity index (χ1v) is 16.1. The van der Waals surface area contributed by atoms with E-state index in [0.717, 1.165) is 10.5 Å². The zero-order valence-electron chi connectivity index (χ0n) is 25.8. The Hall–Kier alpha value is -5.64. The fraction of sp³-hybridized carbons (Fsp3) is 0.0526. The quantitative estimate of drug-likeness (QED) is 0.0833. The molecule has 48 heavy (non-hydrogen) atoms. The molecule has 0 aliphatic carbocycles. The Kier molecular flexibility index (Phi) is 11.4. The molecule has 0 radical (unpaired) electrons. The largest absolute Gasteiger partial charge is 0.326 e. The second-order valence-electron chi connectivity index (χ2n) is 10.6. The molecule has 0 bridgehead atoms. The maximum Gasteiger partial charge on any atom is 0.272 e. The Morgan fingerprint density at radius 2 is 1.31 bits per heavy atom. The molecule has 1 unspecified atom stereocenters. The van der Waals surface area contributed by atoms with Crippen LogP contribution in [0.5, 0.6) is 0 Å². The molecule has 4 N–H and O–H groups in total. The summed E-state index contributed by atoms with van der Waals surface area (Å²) in [5.74, 6) is -1.41. The number of carbonyl (C=O) groups excluding carboxylic acids is 4. The molecule has 0 aromatic heterocycles. The van der Waals surface area contributed by atoms with Gasteiger partial charge in [0.05, 0.1) is 0 Å². The number of rotatable bonds is 11. The summed E-state index contributed by atoms with van der Waals surface area (Å²) in [6.07, 6.45) is 1.55. The van der Waals surface area contributed by atoms with E-state index >= 15 is 0 Å². The van der Waals surface area contributed by atoms with E-state index in [2.05, 4.69) is 21.3 Å². The highest BCUT2D eigenvalue weighted by Crippen LogP contribution is 2.37. The molecular weight excluding hydrogens is 644 g/mol. The van der Waals surface area contributed by atoms with Crippen LogP contribution in [-0.2, 0) is 14.4 Å². The molecule has 0 spiro atoms. The van der Waals surface area contributed by atoms with Crippen LogP contribution < -0.4 is 21.3 Å². The molecule has 1 atom stereocenters. The van der Waals surface area contributed by atoms with Crippen LogP contribution in [0.4, 0.5) is 17.1 Å². The molecular formula is C38H31ClN4O4S. The van der Waals surface area contributed by atoms with Gasteiger partial charge in [-0.05, 0) is 83.9 Å². The van der Waals surface area contributed by atoms with Gasteiger partial charge >= 0.3 is 0 Å². The predicted octanol–water partition coefficient (Wildman–Crippen LogP) is 8.18. The molecule has 8 nitrogen and oxygen atoms in total. The third kappa shape index (κ3) is 9.68. The van der Waals surface area contributed by atoms with Crippen molar-refractivity contribution in [3.63, 3.8) is 0 Å². The topological polar surface area (TPSA) is 116 Å². The van der Waals surface area contributed by atoms with Gasteiger partial charge in [-0.2, -0.15) is 0 Å². The summed E-state index contributed by atoms with van der Waals surface area (Å²) in [4.78, 5) is 52.3. The summed E-state index contributed by atoms with van der Waals surface area (Å²) < 4.78 is 0. The van der Waals surface area contributed by atoms with Gasteiger partial charge in [-0.25, -0.2) is 0 Å². The van der Waals surface area contributed by atoms with E-state index < -0.39 is 17.1 Å². The number of hydrogen-bond donors (Lipinski definition) is 4. The van der Waals surface area contributed by atoms with Crippen molar-refractivity contribution in [3.8, 4) is 0 Å². The highest BCUT2D eigenvalue weighted by molar-refractivity contribution is 8.00. The minimum Gasteiger partial charge on any atom is -0.326 e. The van der Waals surface area contributed by atoms with Crippen LogP contribution in [0.15, 0.2) is 144 Å². The average Bonchev–Trinajstić information content (AvgIpc) is 3.08. The summed E-state index contributed by atoms with van der Waals surface area (Å²) in [7, 11) is 0. The number of carbonyl (C=O) groups is 4. The van der Waals surface area contributed by atoms with Gasteiger partial charge in [0.25, 0.3) is 11.8 Å². The zero-order chi connectivity index (χ0) is 33.9. The summed E-state index contributed by atoms with van der Waals surface area (Å²) in [6, 6.07) is 38.9. The lowest BCUT2D eigenvalue weighted by molar-refractivity contribution is -0.116. The van der Waals surface area contributed by atoms with E-state index in [-0.39, 0.29) is 17.5 Å². The van der Waals surface area contributed by atoms with Crippen molar-refractivity contribution in [1.82, 2.24) is 5.32 Å². The molecule has 240 valence electrons. The van der Waals surface area contributed by atoms with Crippen molar-refractivity contribution in [2.75, 3.05) is 16.0 Å². The average molecular weight is 675 g/mol. The third-order valence-corrected chi connectivity index (χ3v) is 8.33. The summed E-state index contributed by atoms with van der Waals surface area (Å²) in [5, 5.41) is 11.1. The molecule has 0 saturated heterocycles. The molecule has 4 amide bonds. The summed E-state index contributed by atoms with van der Waals surface area (Å²) in [5.41, 5.74) is 3.51. The standard InChI is InChI=1S/C38H31ClN4O4S/c1-25(44)40-30-18-20-31(21-19-30)41-38(47)35(27-11-4-2-5-12-27)48-33-17-9-16-32(24-33)42-37(46)34(23-26-10-8-15-29(39)22-26)43-36(45)28-13-6-3-7-14-28/h2-24,35H,1H3,(H,40,44)(H,41,47)(H,42,46)(H,43,45)/b34-23-. The molecule has 10 heteroatoms. The Bertz CT molecular complexity index is 1950. The van der Waals surface area contributed by atoms with Gasteiger partial charge in [-0.3, -0.25) is 19.2 Å². The smallest absolute Gasteiger partial charge is 0.272 e. The minimum absolute atomic E-state index is 0.0234. The van der Waals surface area contributed by atoms with Crippen molar-refractivity contribution < 1.29 is 19.2 Å². The van der Waals surface area contributed by atoms with E-state index in [1.54, 1.807) is 103 Å². The Morgan fingerprint density at radius 1 is 0.667 bits per heavy atom. The number of thioether (sulfide) groups is 1. The number of halogens is 1. The molecule has 0 aliphatic rings. The van der Waals surface area contributed by atoms with E-state index in [1.807, 2.05) is 36.4 Å². The Morgan fingerprint density at radius 3 is 1.98 bits per heavy atom. The van der Waals surface area contributed by atoms with Gasteiger partial charge in [0, 0.05) is 39.5 Å². The molecule has 0 aliphatic heterocycles. The van der Waals surface area contributed by atoms with Gasteiger partial charge in [-0.1, -0.05) is 78.3 Å². The predicted molar refractivity (Wildman–Crippen MR) is 193 cm³/mol. The Balaban J connectivity index is 1.35. The van der Waals surface area contributed by atoms with E-state index in [0.29, 0.717) is 33.2 Å². The molecule has 0 fully saturated rings. The molecule has 5 aromatic carbocycles. The van der Waals surface area contributed by atoms with Gasteiger partial charge in [-0.15, -0.1) is 11.8 Å². The van der Waals surface area contributed by atoms with Crippen molar-refractivity contribution in [2.24, 2.45) is 0 Å². The van der Waals surface area contributed by atoms with Gasteiger partial charge in [0.2, 0.25) is 11.8 Å². The van der Waals surface area contributed by atoms with E-state index in [4.69, 9.17) is 11.6 Å². The lowest BCUT2D eigenvalue weighted by atomic mass is 10.1. The summed E-state index contributed by atoms with van der Waals surface area (Å²) in [6.45, 7) is 1.43. The van der Waals surface area contributed by atoms with Crippen molar-refractivity contribution in [2.45, 2.75) is 17.1 Å². The van der Waals surface area contributed by atoms with Gasteiger partial charge in [0.1, 0.15) is 10.9 Å². The van der Waals surface area contributed by atoms with Crippen molar-refractivity contribution >= 4 is 70.1 Å². The molecule has 5 rings (SSSR count). The number of nitrogens with one attached hydrogen (secondary N) is 4. The monoisotopic (exact) mass is 674 g/mol. The summed E-state index contributed by atoms with van der Waals surface area (Å²) >= 11 is 7.49. The van der Waals surface area contributed by atoms with Crippen LogP contribution in [0.2, 0.25) is 5.02 Å². The van der Waals surface area contributed by atoms with E-state index in [9.17, 15) is 19.2 Å². The van der Waals surface area contributed by atoms with Crippen molar-refractivity contribution in [3.05, 3.63) is 161 Å². The first-order chi connectivity index (χ1) is 23.2. The van der Waals surface area contributed by atoms with Crippen LogP contribution in [0, 0.1) is 0 Å². The van der Waals surface area contributed by atoms with Crippen LogP contribution in [0.1, 0.15) is 33.7 Å². The molecule has 0 heterocycles. The second-order valence-corrected chi connectivity index (χ2v) is 12.2. The fourth-order valence-electron chi connectivity index (χ4n) is 4.64. The van der Waals surface area contributed by atoms with E-state index in [1.165, 1.54) is 18.7 Å². The van der Waals surface area contributed by atoms with Gasteiger partial charge < -0.3 is 21.3 Å². The first-order valence-electron chi connectivity index (χ1n) is 14.9. The van der Waals surface area contributed by atoms with Crippen LogP contribution >= 0.6 is 23.4 Å². The second kappa shape index (κ2) is 16.3. The number of benzene rings is 5. The maximum atomic E-state index is 13.6. The lowest BCUT2D eigenvalue weighted by Crippen LogP contribution is -2.30. The molecule has 5 aromatic rings. The van der Waals surface area contributed by atoms with Crippen LogP contribution in [0.25, 0.3) is 6.08 Å². The Labute approximate surface area is 287 Å². The maximum absolute atomic E-state index is 13.6. The molecule has 0 saturated carbocycles. The zero-order valence-corrected chi connectivity index (χ0v) is 27.3. The number of hydrogen-bond acceptors (Lipinski definition) is 5. The third-order valence-electron chi connectivity index (χ3n) is 6.85. The minimum atomic E-state index is -0.629. The fourth-order valence-corrected chi connectivity index (χ4v) is 5.92. The van der Waals surface area contributed by atoms with Crippen molar-refractivity contribution in [1.29, 1.82) is 0 Å². The SMILES string of the molecule is CC(=O)Nc1ccc(NC(=O)C(Sc2cccc(NC(=O)/C(=C/c3cccc(Cl)c3)NC(=O)c3ccccc3)c2)c2ccccc2)cc1. The highest BCUT2D eigenvalue weighted by atomic mass is 35.5. The first kappa shape index (κ1) is 33.7. The van der Waals surface area contributed by atoms with Gasteiger partial charge in [0.15, 0.2) is 0 Å². The number of anilines is 3. The van der Waals surface area contributed by atoms with Crippen LogP contribution in [-0.4, -0.2) is 23.6 Å². The lowest BCUT2D eigenvalue weighted by Gasteiger charge is -2.18. The van der Waals surface area contributed by atoms with Crippen LogP contribution in [0.3, 0.4) is 0 Å². The number of amides is 4.